The van der Waals surface area contributed by atoms with Gasteiger partial charge in [-0.25, -0.2) is 0 Å². The van der Waals surface area contributed by atoms with Crippen molar-refractivity contribution in [1.29, 1.82) is 0 Å². The Morgan fingerprint density at radius 3 is 2.44 bits per heavy atom. The molecule has 0 radical (unpaired) electrons. The van der Waals surface area contributed by atoms with Gasteiger partial charge in [-0.2, -0.15) is 0 Å². The minimum absolute atomic E-state index is 0.00158. The third-order valence-corrected chi connectivity index (χ3v) is 2.42. The van der Waals surface area contributed by atoms with E-state index in [1.807, 2.05) is 31.3 Å². The zero-order valence-electron chi connectivity index (χ0n) is 10.0. The molecule has 0 saturated carbocycles. The first-order valence-corrected chi connectivity index (χ1v) is 5.79. The number of hydrogen-bond acceptors (Lipinski definition) is 2. The predicted octanol–water partition coefficient (Wildman–Crippen LogP) is 1.59. The first kappa shape index (κ1) is 12.7. The maximum atomic E-state index is 11.6. The Balaban J connectivity index is 2.49. The van der Waals surface area contributed by atoms with Gasteiger partial charge in [0.2, 0.25) is 0 Å². The van der Waals surface area contributed by atoms with Crippen molar-refractivity contribution < 1.29 is 4.79 Å². The second-order valence-electron chi connectivity index (χ2n) is 3.81. The topological polar surface area (TPSA) is 41.1 Å². The molecule has 0 aromatic heterocycles. The minimum Gasteiger partial charge on any atom is -0.351 e. The molecule has 0 heterocycles. The maximum absolute atomic E-state index is 11.6. The summed E-state index contributed by atoms with van der Waals surface area (Å²) in [5.41, 5.74) is 2.02. The molecule has 0 atom stereocenters. The molecular weight excluding hydrogens is 200 g/mol. The summed E-state index contributed by atoms with van der Waals surface area (Å²) in [5.74, 6) is -0.00158. The molecule has 0 spiro atoms. The lowest BCUT2D eigenvalue weighted by molar-refractivity contribution is 0.0954. The van der Waals surface area contributed by atoms with E-state index >= 15 is 0 Å². The number of amides is 1. The van der Waals surface area contributed by atoms with Crippen LogP contribution in [0.1, 0.15) is 29.3 Å². The molecule has 0 unspecified atom stereocenters. The van der Waals surface area contributed by atoms with Gasteiger partial charge >= 0.3 is 0 Å². The Hall–Kier alpha value is -1.35. The van der Waals surface area contributed by atoms with E-state index in [0.29, 0.717) is 6.54 Å². The standard InChI is InChI=1S/C13H20N2O/c1-3-4-11-5-7-12(8-6-11)13(16)15-10-9-14-2/h5-8,14H,3-4,9-10H2,1-2H3,(H,15,16). The summed E-state index contributed by atoms with van der Waals surface area (Å²) in [5, 5.41) is 5.84. The fourth-order valence-electron chi connectivity index (χ4n) is 1.51. The highest BCUT2D eigenvalue weighted by Gasteiger charge is 2.03. The van der Waals surface area contributed by atoms with Gasteiger partial charge in [-0.1, -0.05) is 25.5 Å². The molecule has 16 heavy (non-hydrogen) atoms. The molecule has 2 N–H and O–H groups in total. The second kappa shape index (κ2) is 7.01. The summed E-state index contributed by atoms with van der Waals surface area (Å²) in [6, 6.07) is 7.83. The van der Waals surface area contributed by atoms with Crippen LogP contribution in [-0.2, 0) is 6.42 Å². The molecule has 0 aliphatic heterocycles. The quantitative estimate of drug-likeness (QED) is 0.715. The molecule has 3 nitrogen and oxygen atoms in total. The van der Waals surface area contributed by atoms with Crippen LogP contribution >= 0.6 is 0 Å². The third-order valence-electron chi connectivity index (χ3n) is 2.42. The Bertz CT molecular complexity index is 319. The average molecular weight is 220 g/mol. The third kappa shape index (κ3) is 4.03. The van der Waals surface area contributed by atoms with Gasteiger partial charge in [-0.3, -0.25) is 4.79 Å². The number of carbonyl (C=O) groups excluding carboxylic acids is 1. The molecule has 0 aliphatic carbocycles. The van der Waals surface area contributed by atoms with Crippen molar-refractivity contribution in [2.24, 2.45) is 0 Å². The Kier molecular flexibility index (Phi) is 5.57. The molecular formula is C13H20N2O. The van der Waals surface area contributed by atoms with E-state index in [1.165, 1.54) is 5.56 Å². The van der Waals surface area contributed by atoms with Crippen molar-refractivity contribution in [2.45, 2.75) is 19.8 Å². The van der Waals surface area contributed by atoms with Crippen LogP contribution in [0.3, 0.4) is 0 Å². The molecule has 0 aliphatic rings. The highest BCUT2D eigenvalue weighted by atomic mass is 16.1. The first-order chi connectivity index (χ1) is 7.77. The zero-order chi connectivity index (χ0) is 11.8. The molecule has 0 fully saturated rings. The van der Waals surface area contributed by atoms with Crippen LogP contribution in [0.2, 0.25) is 0 Å². The summed E-state index contributed by atoms with van der Waals surface area (Å²) < 4.78 is 0. The van der Waals surface area contributed by atoms with Gasteiger partial charge in [-0.05, 0) is 31.2 Å². The van der Waals surface area contributed by atoms with Crippen molar-refractivity contribution in [2.75, 3.05) is 20.1 Å². The van der Waals surface area contributed by atoms with Gasteiger partial charge in [0.25, 0.3) is 5.91 Å². The molecule has 1 amide bonds. The smallest absolute Gasteiger partial charge is 0.251 e. The van der Waals surface area contributed by atoms with E-state index in [1.54, 1.807) is 0 Å². The highest BCUT2D eigenvalue weighted by molar-refractivity contribution is 5.94. The lowest BCUT2D eigenvalue weighted by atomic mass is 10.1. The van der Waals surface area contributed by atoms with Crippen LogP contribution in [-0.4, -0.2) is 26.0 Å². The Morgan fingerprint density at radius 1 is 1.19 bits per heavy atom. The Morgan fingerprint density at radius 2 is 1.88 bits per heavy atom. The van der Waals surface area contributed by atoms with E-state index in [-0.39, 0.29) is 5.91 Å². The van der Waals surface area contributed by atoms with Crippen LogP contribution in [0.4, 0.5) is 0 Å². The van der Waals surface area contributed by atoms with Crippen LogP contribution in [0.25, 0.3) is 0 Å². The van der Waals surface area contributed by atoms with Crippen molar-refractivity contribution in [3.63, 3.8) is 0 Å². The fourth-order valence-corrected chi connectivity index (χ4v) is 1.51. The van der Waals surface area contributed by atoms with Gasteiger partial charge < -0.3 is 10.6 Å². The monoisotopic (exact) mass is 220 g/mol. The largest absolute Gasteiger partial charge is 0.351 e. The number of benzene rings is 1. The van der Waals surface area contributed by atoms with E-state index in [9.17, 15) is 4.79 Å². The molecule has 0 bridgehead atoms. The second-order valence-corrected chi connectivity index (χ2v) is 3.81. The summed E-state index contributed by atoms with van der Waals surface area (Å²) >= 11 is 0. The first-order valence-electron chi connectivity index (χ1n) is 5.79. The summed E-state index contributed by atoms with van der Waals surface area (Å²) in [4.78, 5) is 11.6. The number of hydrogen-bond donors (Lipinski definition) is 2. The minimum atomic E-state index is -0.00158. The van der Waals surface area contributed by atoms with Crippen molar-refractivity contribution in [3.8, 4) is 0 Å². The Labute approximate surface area is 97.2 Å². The normalized spacial score (nSPS) is 10.1. The van der Waals surface area contributed by atoms with Crippen molar-refractivity contribution in [3.05, 3.63) is 35.4 Å². The average Bonchev–Trinajstić information content (AvgIpc) is 2.30. The molecule has 1 rings (SSSR count). The number of carbonyl (C=O) groups is 1. The SMILES string of the molecule is CCCc1ccc(C(=O)NCCNC)cc1. The number of nitrogens with one attached hydrogen (secondary N) is 2. The summed E-state index contributed by atoms with van der Waals surface area (Å²) in [7, 11) is 1.87. The van der Waals surface area contributed by atoms with Gasteiger partial charge in [0.1, 0.15) is 0 Å². The number of likely N-dealkylation sites (N-methyl/N-ethyl adjacent to an activating group) is 1. The fraction of sp³-hybridized carbons (Fsp3) is 0.462. The van der Waals surface area contributed by atoms with E-state index in [2.05, 4.69) is 17.6 Å². The van der Waals surface area contributed by atoms with Gasteiger partial charge in [0.05, 0.1) is 0 Å². The lowest BCUT2D eigenvalue weighted by Gasteiger charge is -2.05. The molecule has 0 saturated heterocycles. The zero-order valence-corrected chi connectivity index (χ0v) is 10.0. The van der Waals surface area contributed by atoms with E-state index < -0.39 is 0 Å². The molecule has 1 aromatic carbocycles. The maximum Gasteiger partial charge on any atom is 0.251 e. The van der Waals surface area contributed by atoms with Crippen LogP contribution < -0.4 is 10.6 Å². The number of rotatable bonds is 6. The van der Waals surface area contributed by atoms with Crippen LogP contribution in [0.5, 0.6) is 0 Å². The summed E-state index contributed by atoms with van der Waals surface area (Å²) in [6.45, 7) is 3.60. The highest BCUT2D eigenvalue weighted by Crippen LogP contribution is 2.06. The molecule has 3 heteroatoms. The van der Waals surface area contributed by atoms with E-state index in [0.717, 1.165) is 24.9 Å². The van der Waals surface area contributed by atoms with Crippen molar-refractivity contribution in [1.82, 2.24) is 10.6 Å². The molecule has 88 valence electrons. The number of aryl methyl sites for hydroxylation is 1. The van der Waals surface area contributed by atoms with Crippen LogP contribution in [0.15, 0.2) is 24.3 Å². The van der Waals surface area contributed by atoms with Crippen LogP contribution in [0, 0.1) is 0 Å². The van der Waals surface area contributed by atoms with Gasteiger partial charge in [0.15, 0.2) is 0 Å². The lowest BCUT2D eigenvalue weighted by Crippen LogP contribution is -2.30. The van der Waals surface area contributed by atoms with E-state index in [4.69, 9.17) is 0 Å². The summed E-state index contributed by atoms with van der Waals surface area (Å²) in [6.07, 6.45) is 2.20. The predicted molar refractivity (Wildman–Crippen MR) is 66.7 cm³/mol. The van der Waals surface area contributed by atoms with Gasteiger partial charge in [-0.15, -0.1) is 0 Å². The van der Waals surface area contributed by atoms with Gasteiger partial charge in [0, 0.05) is 18.7 Å². The van der Waals surface area contributed by atoms with Crippen molar-refractivity contribution >= 4 is 5.91 Å². The molecule has 1 aromatic rings.